The van der Waals surface area contributed by atoms with E-state index in [0.717, 1.165) is 12.8 Å². The number of unbranched alkanes of at least 4 members (excludes halogenated alkanes) is 2. The zero-order chi connectivity index (χ0) is 15.8. The average Bonchev–Trinajstić information content (AvgIpc) is 2.36. The van der Waals surface area contributed by atoms with Crippen molar-refractivity contribution in [3.8, 4) is 0 Å². The molecule has 1 atom stereocenters. The molecular weight excluding hydrogens is 271 g/mol. The average molecular weight is 306 g/mol. The molecule has 0 N–H and O–H groups in total. The van der Waals surface area contributed by atoms with E-state index in [1.54, 1.807) is 0 Å². The summed E-state index contributed by atoms with van der Waals surface area (Å²) in [5, 5.41) is 0. The molecule has 0 radical (unpaired) electrons. The van der Waals surface area contributed by atoms with E-state index in [9.17, 15) is 0 Å². The van der Waals surface area contributed by atoms with Gasteiger partial charge in [0.25, 0.3) is 0 Å². The van der Waals surface area contributed by atoms with Gasteiger partial charge in [0.1, 0.15) is 0 Å². The Morgan fingerprint density at radius 1 is 0.900 bits per heavy atom. The molecule has 0 aromatic heterocycles. The molecule has 0 aromatic rings. The summed E-state index contributed by atoms with van der Waals surface area (Å²) >= 11 is 0. The second kappa shape index (κ2) is 9.91. The molecule has 0 aromatic carbocycles. The van der Waals surface area contributed by atoms with Crippen LogP contribution in [0.4, 0.5) is 0 Å². The third kappa shape index (κ3) is 5.45. The number of nitrogens with zero attached hydrogens (tertiary/aromatic N) is 4. The molecule has 0 rings (SSSR count). The predicted molar refractivity (Wildman–Crippen MR) is 89.7 cm³/mol. The van der Waals surface area contributed by atoms with Crippen molar-refractivity contribution in [2.24, 2.45) is 4.91 Å². The summed E-state index contributed by atoms with van der Waals surface area (Å²) in [6, 6.07) is 0. The van der Waals surface area contributed by atoms with Crippen LogP contribution in [0.3, 0.4) is 0 Å². The van der Waals surface area contributed by atoms with Crippen molar-refractivity contribution in [2.75, 3.05) is 42.3 Å². The molecule has 0 bridgehead atoms. The third-order valence-electron chi connectivity index (χ3n) is 3.50. The lowest BCUT2D eigenvalue weighted by atomic mass is 10.1. The molecule has 20 heavy (non-hydrogen) atoms. The van der Waals surface area contributed by atoms with Crippen LogP contribution in [0.15, 0.2) is 4.91 Å². The molecule has 5 nitrogen and oxygen atoms in total. The first-order valence-electron chi connectivity index (χ1n) is 7.63. The van der Waals surface area contributed by atoms with Crippen molar-refractivity contribution in [3.05, 3.63) is 0 Å². The van der Waals surface area contributed by atoms with Crippen LogP contribution < -0.4 is 0 Å². The molecule has 122 valence electrons. The van der Waals surface area contributed by atoms with Gasteiger partial charge in [-0.05, 0) is 55.1 Å². The first kappa shape index (κ1) is 20.1. The van der Waals surface area contributed by atoms with Gasteiger partial charge in [0.15, 0.2) is 7.51 Å². The Morgan fingerprint density at radius 3 is 1.75 bits per heavy atom. The Bertz CT molecular complexity index is 277. The minimum Gasteiger partial charge on any atom is -0.250 e. The normalized spacial score (nSPS) is 14.3. The van der Waals surface area contributed by atoms with Crippen molar-refractivity contribution < 1.29 is 4.84 Å². The van der Waals surface area contributed by atoms with Crippen molar-refractivity contribution in [2.45, 2.75) is 52.1 Å². The topological polar surface area (TPSA) is 31.3 Å². The quantitative estimate of drug-likeness (QED) is 0.348. The molecule has 0 saturated carbocycles. The van der Waals surface area contributed by atoms with E-state index in [-0.39, 0.29) is 6.10 Å². The van der Waals surface area contributed by atoms with Crippen LogP contribution in [0.25, 0.3) is 0 Å². The largest absolute Gasteiger partial charge is 0.250 e. The van der Waals surface area contributed by atoms with E-state index in [0.29, 0.717) is 0 Å². The van der Waals surface area contributed by atoms with Crippen LogP contribution in [-0.4, -0.2) is 62.4 Å². The van der Waals surface area contributed by atoms with Crippen molar-refractivity contribution >= 4 is 7.51 Å². The first-order chi connectivity index (χ1) is 9.32. The summed E-state index contributed by atoms with van der Waals surface area (Å²) in [5.41, 5.74) is 0. The second-order valence-electron chi connectivity index (χ2n) is 5.79. The zero-order valence-electron chi connectivity index (χ0n) is 14.8. The monoisotopic (exact) mass is 306 g/mol. The molecule has 0 aliphatic carbocycles. The summed E-state index contributed by atoms with van der Waals surface area (Å²) in [6.07, 6.45) is 6.10. The predicted octanol–water partition coefficient (Wildman–Crippen LogP) is 3.91. The lowest BCUT2D eigenvalue weighted by Crippen LogP contribution is -2.31. The van der Waals surface area contributed by atoms with Gasteiger partial charge in [0.05, 0.1) is 6.10 Å². The van der Waals surface area contributed by atoms with Crippen LogP contribution >= 0.6 is 7.51 Å². The first-order valence-corrected chi connectivity index (χ1v) is 9.23. The maximum Gasteiger partial charge on any atom is 0.197 e. The van der Waals surface area contributed by atoms with Gasteiger partial charge in [-0.15, -0.1) is 4.91 Å². The summed E-state index contributed by atoms with van der Waals surface area (Å²) in [4.78, 5) is 10.6. The summed E-state index contributed by atoms with van der Waals surface area (Å²) in [6.45, 7) is 4.40. The molecule has 0 aliphatic heterocycles. The summed E-state index contributed by atoms with van der Waals surface area (Å²) in [5.74, 6) is 0. The minimum absolute atomic E-state index is 0.237. The maximum atomic E-state index is 5.94. The van der Waals surface area contributed by atoms with E-state index in [2.05, 4.69) is 70.1 Å². The van der Waals surface area contributed by atoms with Crippen LogP contribution in [0, 0.1) is 0 Å². The van der Waals surface area contributed by atoms with Gasteiger partial charge in [-0.3, -0.25) is 14.0 Å². The number of hydrogen-bond acceptors (Lipinski definition) is 2. The van der Waals surface area contributed by atoms with E-state index in [4.69, 9.17) is 9.75 Å². The molecule has 0 fully saturated rings. The summed E-state index contributed by atoms with van der Waals surface area (Å²) < 4.78 is 6.52. The van der Waals surface area contributed by atoms with Gasteiger partial charge in [0.2, 0.25) is 0 Å². The van der Waals surface area contributed by atoms with Gasteiger partial charge in [-0.2, -0.15) is 0 Å². The summed E-state index contributed by atoms with van der Waals surface area (Å²) in [7, 11) is 10.5. The smallest absolute Gasteiger partial charge is 0.197 e. The van der Waals surface area contributed by atoms with Gasteiger partial charge >= 0.3 is 0 Å². The van der Waals surface area contributed by atoms with Crippen LogP contribution in [0.2, 0.25) is 0 Å². The Labute approximate surface area is 126 Å². The Balaban J connectivity index is 4.99. The Morgan fingerprint density at radius 2 is 1.40 bits per heavy atom. The second-order valence-corrected chi connectivity index (χ2v) is 9.43. The maximum absolute atomic E-state index is 5.94. The number of hydrogen-bond donors (Lipinski definition) is 0. The molecule has 0 aliphatic rings. The van der Waals surface area contributed by atoms with Gasteiger partial charge in [-0.25, -0.2) is 4.84 Å². The van der Waals surface area contributed by atoms with Gasteiger partial charge in [-0.1, -0.05) is 33.1 Å². The SMILES string of the molecule is CCCCCC(CC)ON=P(N(C)C)(N(C)C)N(C)C. The Hall–Kier alpha value is 0.0700. The van der Waals surface area contributed by atoms with Crippen LogP contribution in [0.1, 0.15) is 46.0 Å². The fourth-order valence-electron chi connectivity index (χ4n) is 2.38. The molecule has 1 unspecified atom stereocenters. The van der Waals surface area contributed by atoms with E-state index >= 15 is 0 Å². The molecular formula is C14H35N4OP. The van der Waals surface area contributed by atoms with E-state index in [1.165, 1.54) is 19.3 Å². The van der Waals surface area contributed by atoms with Gasteiger partial charge in [0, 0.05) is 0 Å². The number of rotatable bonds is 10. The fraction of sp³-hybridized carbons (Fsp3) is 1.00. The highest BCUT2D eigenvalue weighted by molar-refractivity contribution is 7.58. The van der Waals surface area contributed by atoms with Crippen LogP contribution in [0.5, 0.6) is 0 Å². The van der Waals surface area contributed by atoms with E-state index < -0.39 is 7.51 Å². The van der Waals surface area contributed by atoms with E-state index in [1.807, 2.05) is 0 Å². The lowest BCUT2D eigenvalue weighted by molar-refractivity contribution is 0.0478. The Kier molecular flexibility index (Phi) is 9.94. The highest BCUT2D eigenvalue weighted by Crippen LogP contribution is 2.55. The molecule has 0 saturated heterocycles. The highest BCUT2D eigenvalue weighted by atomic mass is 31.2. The standard InChI is InChI=1S/C14H35N4OP/c1-9-11-12-13-14(10-2)19-15-20(16(3)4,17(5)6)18(7)8/h14H,9-13H2,1-8H3. The molecule has 0 heterocycles. The lowest BCUT2D eigenvalue weighted by Gasteiger charge is -2.40. The molecule has 6 heteroatoms. The van der Waals surface area contributed by atoms with Crippen LogP contribution in [-0.2, 0) is 4.84 Å². The van der Waals surface area contributed by atoms with Crippen molar-refractivity contribution in [3.63, 3.8) is 0 Å². The zero-order valence-corrected chi connectivity index (χ0v) is 15.7. The van der Waals surface area contributed by atoms with Gasteiger partial charge < -0.3 is 0 Å². The van der Waals surface area contributed by atoms with Crippen molar-refractivity contribution in [1.29, 1.82) is 0 Å². The molecule has 0 spiro atoms. The fourth-order valence-corrected chi connectivity index (χ4v) is 5.22. The highest BCUT2D eigenvalue weighted by Gasteiger charge is 2.29. The third-order valence-corrected chi connectivity index (χ3v) is 7.03. The molecule has 0 amide bonds. The van der Waals surface area contributed by atoms with Crippen molar-refractivity contribution in [1.82, 2.24) is 14.0 Å². The minimum atomic E-state index is -1.92.